The van der Waals surface area contributed by atoms with Gasteiger partial charge >= 0.3 is 6.03 Å². The second-order valence-corrected chi connectivity index (χ2v) is 8.98. The third-order valence-corrected chi connectivity index (χ3v) is 6.27. The van der Waals surface area contributed by atoms with Crippen LogP contribution in [-0.4, -0.2) is 48.9 Å². The highest BCUT2D eigenvalue weighted by Crippen LogP contribution is 2.38. The fraction of sp³-hybridized carbons (Fsp3) is 0.370. The van der Waals surface area contributed by atoms with Crippen LogP contribution in [-0.2, 0) is 0 Å². The van der Waals surface area contributed by atoms with E-state index in [9.17, 15) is 4.79 Å². The first-order valence-electron chi connectivity index (χ1n) is 11.9. The van der Waals surface area contributed by atoms with Crippen LogP contribution in [0.2, 0.25) is 0 Å². The highest BCUT2D eigenvalue weighted by atomic mass is 16.5. The third-order valence-electron chi connectivity index (χ3n) is 6.27. The fourth-order valence-electron chi connectivity index (χ4n) is 4.19. The molecule has 0 spiro atoms. The minimum absolute atomic E-state index is 0.155. The third kappa shape index (κ3) is 5.00. The Morgan fingerprint density at radius 2 is 1.75 bits per heavy atom. The highest BCUT2D eigenvalue weighted by Gasteiger charge is 2.35. The van der Waals surface area contributed by atoms with Gasteiger partial charge in [0, 0.05) is 17.8 Å². The summed E-state index contributed by atoms with van der Waals surface area (Å²) >= 11 is 0. The molecule has 1 aliphatic rings. The van der Waals surface area contributed by atoms with Crippen LogP contribution in [0.25, 0.3) is 17.0 Å². The van der Waals surface area contributed by atoms with Gasteiger partial charge in [0.1, 0.15) is 5.75 Å². The van der Waals surface area contributed by atoms with Gasteiger partial charge in [0.05, 0.1) is 32.9 Å². The fourth-order valence-corrected chi connectivity index (χ4v) is 4.19. The van der Waals surface area contributed by atoms with E-state index in [-0.39, 0.29) is 6.03 Å². The summed E-state index contributed by atoms with van der Waals surface area (Å²) in [5.41, 5.74) is 3.14. The number of nitrogens with one attached hydrogen (secondary N) is 1. The Kier molecular flexibility index (Phi) is 7.47. The number of amides is 2. The summed E-state index contributed by atoms with van der Waals surface area (Å²) in [5, 5.41) is 7.36. The summed E-state index contributed by atoms with van der Waals surface area (Å²) in [6.45, 7) is 6.78. The number of benzene rings is 2. The first-order chi connectivity index (χ1) is 17.4. The molecule has 2 heterocycles. The SMILES string of the molecule is COc1ccc(C2NC(=O)N(CCC(C)C)C(C)=C2c2nc(-c3ccc(OC)c(OC)c3)no2)cc1. The smallest absolute Gasteiger partial charge is 0.322 e. The molecule has 1 aliphatic heterocycles. The van der Waals surface area contributed by atoms with Crippen molar-refractivity contribution >= 4 is 11.6 Å². The standard InChI is InChI=1S/C27H32N4O5/c1-16(2)13-14-31-17(3)23(24(28-27(31)32)18-7-10-20(33-4)11-8-18)26-29-25(30-36-26)19-9-12-21(34-5)22(15-19)35-6/h7-12,15-16,24H,13-14H2,1-6H3,(H,28,32). The van der Waals surface area contributed by atoms with Crippen molar-refractivity contribution in [3.63, 3.8) is 0 Å². The summed E-state index contributed by atoms with van der Waals surface area (Å²) in [6, 6.07) is 12.4. The predicted octanol–water partition coefficient (Wildman–Crippen LogP) is 5.31. The number of allylic oxidation sites excluding steroid dienone is 1. The quantitative estimate of drug-likeness (QED) is 0.432. The number of ether oxygens (including phenoxy) is 3. The number of hydrogen-bond donors (Lipinski definition) is 1. The molecule has 2 amide bonds. The maximum atomic E-state index is 13.1. The number of methoxy groups -OCH3 is 3. The zero-order chi connectivity index (χ0) is 25.8. The molecule has 2 aromatic carbocycles. The largest absolute Gasteiger partial charge is 0.497 e. The lowest BCUT2D eigenvalue weighted by Crippen LogP contribution is -2.46. The molecule has 0 saturated carbocycles. The first-order valence-corrected chi connectivity index (χ1v) is 11.9. The van der Waals surface area contributed by atoms with Crippen molar-refractivity contribution < 1.29 is 23.5 Å². The van der Waals surface area contributed by atoms with E-state index in [1.807, 2.05) is 37.3 Å². The second kappa shape index (κ2) is 10.7. The van der Waals surface area contributed by atoms with Crippen molar-refractivity contribution in [3.05, 3.63) is 59.6 Å². The maximum absolute atomic E-state index is 13.1. The van der Waals surface area contributed by atoms with Gasteiger partial charge < -0.3 is 24.1 Å². The normalized spacial score (nSPS) is 15.8. The van der Waals surface area contributed by atoms with Crippen molar-refractivity contribution in [2.45, 2.75) is 33.2 Å². The van der Waals surface area contributed by atoms with Gasteiger partial charge in [-0.3, -0.25) is 4.90 Å². The molecular formula is C27H32N4O5. The average Bonchev–Trinajstić information content (AvgIpc) is 3.37. The number of rotatable bonds is 9. The number of urea groups is 1. The van der Waals surface area contributed by atoms with Crippen molar-refractivity contribution in [2.75, 3.05) is 27.9 Å². The molecule has 190 valence electrons. The topological polar surface area (TPSA) is 99.0 Å². The van der Waals surface area contributed by atoms with Crippen LogP contribution in [0.1, 0.15) is 44.7 Å². The minimum atomic E-state index is -0.461. The average molecular weight is 493 g/mol. The van der Waals surface area contributed by atoms with Crippen LogP contribution >= 0.6 is 0 Å². The summed E-state index contributed by atoms with van der Waals surface area (Å²) in [4.78, 5) is 19.6. The highest BCUT2D eigenvalue weighted by molar-refractivity contribution is 5.87. The van der Waals surface area contributed by atoms with Crippen molar-refractivity contribution in [1.82, 2.24) is 20.4 Å². The van der Waals surface area contributed by atoms with E-state index < -0.39 is 6.04 Å². The van der Waals surface area contributed by atoms with Crippen LogP contribution in [0.4, 0.5) is 4.79 Å². The molecule has 1 atom stereocenters. The van der Waals surface area contributed by atoms with Gasteiger partial charge in [-0.1, -0.05) is 31.1 Å². The predicted molar refractivity (Wildman–Crippen MR) is 136 cm³/mol. The Labute approximate surface area is 211 Å². The Morgan fingerprint density at radius 1 is 1.03 bits per heavy atom. The van der Waals surface area contributed by atoms with Gasteiger partial charge in [-0.15, -0.1) is 0 Å². The summed E-state index contributed by atoms with van der Waals surface area (Å²) in [7, 11) is 4.78. The lowest BCUT2D eigenvalue weighted by atomic mass is 9.94. The Bertz CT molecular complexity index is 1250. The number of carbonyl (C=O) groups excluding carboxylic acids is 1. The molecule has 1 aromatic heterocycles. The zero-order valence-corrected chi connectivity index (χ0v) is 21.5. The Hall–Kier alpha value is -4.01. The van der Waals surface area contributed by atoms with Crippen LogP contribution < -0.4 is 19.5 Å². The van der Waals surface area contributed by atoms with E-state index in [1.165, 1.54) is 0 Å². The number of carbonyl (C=O) groups is 1. The Balaban J connectivity index is 1.77. The first kappa shape index (κ1) is 25.1. The Morgan fingerprint density at radius 3 is 2.39 bits per heavy atom. The van der Waals surface area contributed by atoms with Gasteiger partial charge in [-0.2, -0.15) is 4.98 Å². The zero-order valence-electron chi connectivity index (χ0n) is 21.5. The number of hydrogen-bond acceptors (Lipinski definition) is 7. The molecule has 36 heavy (non-hydrogen) atoms. The maximum Gasteiger partial charge on any atom is 0.322 e. The molecule has 0 fully saturated rings. The van der Waals surface area contributed by atoms with Crippen molar-refractivity contribution in [1.29, 1.82) is 0 Å². The molecule has 9 heteroatoms. The lowest BCUT2D eigenvalue weighted by Gasteiger charge is -2.35. The molecule has 4 rings (SSSR count). The van der Waals surface area contributed by atoms with E-state index in [4.69, 9.17) is 23.7 Å². The van der Waals surface area contributed by atoms with E-state index in [0.29, 0.717) is 35.7 Å². The molecule has 0 bridgehead atoms. The van der Waals surface area contributed by atoms with Gasteiger partial charge in [0.25, 0.3) is 5.89 Å². The molecule has 0 aliphatic carbocycles. The van der Waals surface area contributed by atoms with E-state index in [0.717, 1.165) is 34.6 Å². The minimum Gasteiger partial charge on any atom is -0.497 e. The van der Waals surface area contributed by atoms with Crippen molar-refractivity contribution in [2.24, 2.45) is 5.92 Å². The molecular weight excluding hydrogens is 460 g/mol. The van der Waals surface area contributed by atoms with Gasteiger partial charge in [0.15, 0.2) is 11.5 Å². The summed E-state index contributed by atoms with van der Waals surface area (Å²) < 4.78 is 21.8. The summed E-state index contributed by atoms with van der Waals surface area (Å²) in [6.07, 6.45) is 0.867. The van der Waals surface area contributed by atoms with Gasteiger partial charge in [0.2, 0.25) is 5.82 Å². The number of aromatic nitrogens is 2. The molecule has 1 N–H and O–H groups in total. The van der Waals surface area contributed by atoms with Gasteiger partial charge in [-0.25, -0.2) is 4.79 Å². The van der Waals surface area contributed by atoms with Gasteiger partial charge in [-0.05, 0) is 55.2 Å². The lowest BCUT2D eigenvalue weighted by molar-refractivity contribution is 0.202. The van der Waals surface area contributed by atoms with E-state index in [1.54, 1.807) is 38.4 Å². The van der Waals surface area contributed by atoms with E-state index >= 15 is 0 Å². The number of nitrogens with zero attached hydrogens (tertiary/aromatic N) is 3. The summed E-state index contributed by atoms with van der Waals surface area (Å²) in [5.74, 6) is 3.11. The van der Waals surface area contributed by atoms with Crippen molar-refractivity contribution in [3.8, 4) is 28.6 Å². The monoisotopic (exact) mass is 492 g/mol. The molecule has 3 aromatic rings. The second-order valence-electron chi connectivity index (χ2n) is 8.98. The van der Waals surface area contributed by atoms with Crippen LogP contribution in [0.3, 0.4) is 0 Å². The van der Waals surface area contributed by atoms with Crippen LogP contribution in [0, 0.1) is 5.92 Å². The van der Waals surface area contributed by atoms with E-state index in [2.05, 4.69) is 24.3 Å². The van der Waals surface area contributed by atoms with Crippen LogP contribution in [0.5, 0.6) is 17.2 Å². The molecule has 1 unspecified atom stereocenters. The van der Waals surface area contributed by atoms with Crippen LogP contribution in [0.15, 0.2) is 52.7 Å². The molecule has 9 nitrogen and oxygen atoms in total. The molecule has 0 saturated heterocycles. The molecule has 0 radical (unpaired) electrons.